The van der Waals surface area contributed by atoms with Gasteiger partial charge >= 0.3 is 29.6 Å². The van der Waals surface area contributed by atoms with Crippen molar-refractivity contribution < 1.29 is 39.7 Å². The topological polar surface area (TPSA) is 174 Å². The summed E-state index contributed by atoms with van der Waals surface area (Å²) in [7, 11) is 0. The van der Waals surface area contributed by atoms with Crippen molar-refractivity contribution in [1.82, 2.24) is 0 Å². The number of rotatable bonds is 1. The molecule has 0 aliphatic rings. The molecule has 12 heavy (non-hydrogen) atoms. The fraction of sp³-hybridized carbons (Fsp3) is 0. The van der Waals surface area contributed by atoms with Crippen molar-refractivity contribution in [3.63, 3.8) is 0 Å². The molecule has 0 bridgehead atoms. The Balaban J connectivity index is -0.000000142. The second kappa shape index (κ2) is 9.87. The zero-order chi connectivity index (χ0) is 9.44. The van der Waals surface area contributed by atoms with Crippen LogP contribution in [0, 0.1) is 25.4 Å². The molecule has 0 aliphatic heterocycles. The van der Waals surface area contributed by atoms with Gasteiger partial charge in [-0.1, -0.05) is 0 Å². The summed E-state index contributed by atoms with van der Waals surface area (Å²) in [5.41, 5.74) is 9.16. The molecule has 0 aromatic carbocycles. The standard InChI is InChI=1S/CH4N4O2.NO3.Na/c2-1(3)4-5(6)7;2-1(3)4;/h(H4,2,3,4);;/q;-1;+1. The summed E-state index contributed by atoms with van der Waals surface area (Å²) in [5, 5.41) is 25.5. The van der Waals surface area contributed by atoms with Gasteiger partial charge in [-0.2, -0.15) is 0 Å². The molecule has 0 atom stereocenters. The third-order valence-corrected chi connectivity index (χ3v) is 0.197. The van der Waals surface area contributed by atoms with Gasteiger partial charge in [-0.25, -0.2) is 10.1 Å². The van der Waals surface area contributed by atoms with E-state index >= 15 is 0 Å². The molecule has 0 heterocycles. The molecule has 0 saturated heterocycles. The Morgan fingerprint density at radius 3 is 1.42 bits per heavy atom. The molecule has 0 radical (unpaired) electrons. The van der Waals surface area contributed by atoms with Crippen molar-refractivity contribution in [3.8, 4) is 0 Å². The van der Waals surface area contributed by atoms with E-state index in [0.717, 1.165) is 0 Å². The maximum Gasteiger partial charge on any atom is 1.00 e. The Hall–Kier alpha value is -1.13. The number of nitro groups is 1. The molecule has 0 amide bonds. The van der Waals surface area contributed by atoms with Crippen LogP contribution in [0.3, 0.4) is 0 Å². The van der Waals surface area contributed by atoms with E-state index in [0.29, 0.717) is 0 Å². The van der Waals surface area contributed by atoms with Gasteiger partial charge in [0.15, 0.2) is 5.03 Å². The van der Waals surface area contributed by atoms with Crippen molar-refractivity contribution >= 4 is 5.96 Å². The van der Waals surface area contributed by atoms with E-state index in [-0.39, 0.29) is 29.6 Å². The van der Waals surface area contributed by atoms with Crippen LogP contribution in [0.15, 0.2) is 5.10 Å². The number of nitrogens with two attached hydrogens (primary N) is 2. The van der Waals surface area contributed by atoms with Crippen molar-refractivity contribution in [2.24, 2.45) is 16.6 Å². The van der Waals surface area contributed by atoms with Crippen LogP contribution >= 0.6 is 0 Å². The zero-order valence-electron chi connectivity index (χ0n) is 6.04. The number of nitrogens with zero attached hydrogens (tertiary/aromatic N) is 3. The molecular formula is CH4N5NaO5. The summed E-state index contributed by atoms with van der Waals surface area (Å²) >= 11 is 0. The molecule has 4 N–H and O–H groups in total. The third kappa shape index (κ3) is 66.7. The van der Waals surface area contributed by atoms with Gasteiger partial charge in [0.2, 0.25) is 0 Å². The van der Waals surface area contributed by atoms with Crippen LogP contribution in [0.1, 0.15) is 0 Å². The summed E-state index contributed by atoms with van der Waals surface area (Å²) in [6.45, 7) is 0. The largest absolute Gasteiger partial charge is 1.00 e. The van der Waals surface area contributed by atoms with Crippen LogP contribution in [0.4, 0.5) is 0 Å². The Labute approximate surface area is 87.8 Å². The molecule has 0 rings (SSSR count). The zero-order valence-corrected chi connectivity index (χ0v) is 8.04. The quantitative estimate of drug-likeness (QED) is 0.137. The van der Waals surface area contributed by atoms with Crippen LogP contribution in [0.5, 0.6) is 0 Å². The van der Waals surface area contributed by atoms with Crippen LogP contribution in [-0.2, 0) is 0 Å². The minimum Gasteiger partial charge on any atom is -0.365 e. The van der Waals surface area contributed by atoms with E-state index in [1.807, 2.05) is 0 Å². The van der Waals surface area contributed by atoms with Crippen molar-refractivity contribution in [1.29, 1.82) is 0 Å². The maximum absolute atomic E-state index is 9.27. The summed E-state index contributed by atoms with van der Waals surface area (Å²) in [5.74, 6) is -0.537. The monoisotopic (exact) mass is 189 g/mol. The first-order valence-corrected chi connectivity index (χ1v) is 1.91. The predicted molar refractivity (Wildman–Crippen MR) is 33.2 cm³/mol. The molecule has 64 valence electrons. The fourth-order valence-electron chi connectivity index (χ4n) is 0.0943. The van der Waals surface area contributed by atoms with Crippen LogP contribution in [0.2, 0.25) is 0 Å². The normalized spacial score (nSPS) is 6.33. The van der Waals surface area contributed by atoms with Gasteiger partial charge in [0, 0.05) is 0 Å². The Morgan fingerprint density at radius 1 is 1.17 bits per heavy atom. The molecular weight excluding hydrogens is 185 g/mol. The summed E-state index contributed by atoms with van der Waals surface area (Å²) in [6.07, 6.45) is 0. The number of hydrogen-bond acceptors (Lipinski definition) is 5. The first-order valence-electron chi connectivity index (χ1n) is 1.91. The third-order valence-electron chi connectivity index (χ3n) is 0.197. The van der Waals surface area contributed by atoms with Gasteiger partial charge in [0.05, 0.1) is 10.2 Å². The molecule has 11 heteroatoms. The maximum atomic E-state index is 9.27. The first kappa shape index (κ1) is 17.1. The van der Waals surface area contributed by atoms with Crippen LogP contribution < -0.4 is 41.0 Å². The molecule has 0 fully saturated rings. The SMILES string of the molecule is NC(N)=N[N+](=O)[O-].O=[N+]([O-])[O-].[Na+]. The molecule has 0 unspecified atom stereocenters. The van der Waals surface area contributed by atoms with E-state index in [1.165, 1.54) is 0 Å². The summed E-state index contributed by atoms with van der Waals surface area (Å²) < 4.78 is 0. The molecule has 10 nitrogen and oxygen atoms in total. The average molecular weight is 189 g/mol. The van der Waals surface area contributed by atoms with Crippen molar-refractivity contribution in [3.05, 3.63) is 25.4 Å². The molecule has 0 aromatic rings. The van der Waals surface area contributed by atoms with E-state index in [4.69, 9.17) is 15.3 Å². The number of hydrazone groups is 1. The van der Waals surface area contributed by atoms with Crippen LogP contribution in [0.25, 0.3) is 0 Å². The Bertz CT molecular complexity index is 171. The summed E-state index contributed by atoms with van der Waals surface area (Å²) in [6, 6.07) is 0. The fourth-order valence-corrected chi connectivity index (χ4v) is 0.0943. The number of hydrogen-bond donors (Lipinski definition) is 2. The second-order valence-corrected chi connectivity index (χ2v) is 0.986. The summed E-state index contributed by atoms with van der Waals surface area (Å²) in [4.78, 5) is 17.5. The molecule has 0 saturated carbocycles. The van der Waals surface area contributed by atoms with Gasteiger partial charge in [-0.3, -0.25) is 0 Å². The van der Waals surface area contributed by atoms with E-state index in [1.54, 1.807) is 0 Å². The molecule has 0 aromatic heterocycles. The van der Waals surface area contributed by atoms with E-state index in [9.17, 15) is 10.1 Å². The molecule has 0 aliphatic carbocycles. The van der Waals surface area contributed by atoms with Crippen LogP contribution in [-0.4, -0.2) is 16.1 Å². The van der Waals surface area contributed by atoms with Gasteiger partial charge in [0.25, 0.3) is 5.96 Å². The average Bonchev–Trinajstić information content (AvgIpc) is 1.56. The Morgan fingerprint density at radius 2 is 1.42 bits per heavy atom. The van der Waals surface area contributed by atoms with E-state index in [2.05, 4.69) is 16.6 Å². The van der Waals surface area contributed by atoms with Gasteiger partial charge in [-0.05, 0) is 0 Å². The second-order valence-electron chi connectivity index (χ2n) is 0.986. The smallest absolute Gasteiger partial charge is 0.365 e. The van der Waals surface area contributed by atoms with Crippen molar-refractivity contribution in [2.45, 2.75) is 0 Å². The minimum absolute atomic E-state index is 0. The van der Waals surface area contributed by atoms with Gasteiger partial charge < -0.3 is 26.8 Å². The minimum atomic E-state index is -1.75. The predicted octanol–water partition coefficient (Wildman–Crippen LogP) is -4.78. The Kier molecular flexibility index (Phi) is 14.1. The van der Waals surface area contributed by atoms with Gasteiger partial charge in [-0.15, -0.1) is 0 Å². The van der Waals surface area contributed by atoms with E-state index < -0.39 is 16.1 Å². The molecule has 0 spiro atoms. The van der Waals surface area contributed by atoms with Gasteiger partial charge in [0.1, 0.15) is 0 Å². The number of guanidine groups is 1. The van der Waals surface area contributed by atoms with Crippen molar-refractivity contribution in [2.75, 3.05) is 0 Å². The first-order chi connectivity index (χ1) is 4.86.